The maximum Gasteiger partial charge on any atom is 0.416 e. The molecule has 0 amide bonds. The minimum absolute atomic E-state index is 0.0274. The van der Waals surface area contributed by atoms with Gasteiger partial charge in [-0.25, -0.2) is 14.6 Å². The molecule has 0 bridgehead atoms. The molecule has 38 heavy (non-hydrogen) atoms. The van der Waals surface area contributed by atoms with Gasteiger partial charge in [-0.15, -0.1) is 0 Å². The lowest BCUT2D eigenvalue weighted by Crippen LogP contribution is -2.30. The number of pyridine rings is 1. The topological polar surface area (TPSA) is 151 Å². The lowest BCUT2D eigenvalue weighted by Gasteiger charge is -2.15. The summed E-state index contributed by atoms with van der Waals surface area (Å²) in [6.45, 7) is 5.39. The number of nitrogens with zero attached hydrogens (tertiary/aromatic N) is 5. The van der Waals surface area contributed by atoms with Crippen LogP contribution in [0.4, 0.5) is 19.0 Å². The molecule has 0 saturated heterocycles. The third-order valence-corrected chi connectivity index (χ3v) is 5.44. The third-order valence-electron chi connectivity index (χ3n) is 5.44. The van der Waals surface area contributed by atoms with Crippen LogP contribution >= 0.6 is 0 Å². The van der Waals surface area contributed by atoms with Crippen molar-refractivity contribution in [3.63, 3.8) is 0 Å². The zero-order chi connectivity index (χ0) is 27.7. The molecular formula is C25H26F3N7O3. The number of imidazole rings is 1. The summed E-state index contributed by atoms with van der Waals surface area (Å²) in [6.07, 6.45) is -4.28. The van der Waals surface area contributed by atoms with E-state index >= 15 is 0 Å². The molecule has 1 atom stereocenters. The molecule has 0 spiro atoms. The summed E-state index contributed by atoms with van der Waals surface area (Å²) in [5, 5.41) is 17.6. The van der Waals surface area contributed by atoms with E-state index in [9.17, 15) is 18.3 Å². The van der Waals surface area contributed by atoms with Crippen molar-refractivity contribution in [1.29, 1.82) is 0 Å². The van der Waals surface area contributed by atoms with E-state index in [1.807, 2.05) is 6.92 Å². The second-order valence-electron chi connectivity index (χ2n) is 9.14. The van der Waals surface area contributed by atoms with E-state index in [0.717, 1.165) is 12.1 Å². The molecule has 13 heteroatoms. The number of hydrogen-bond acceptors (Lipinski definition) is 9. The monoisotopic (exact) mass is 529 g/mol. The number of nitrogen functional groups attached to an aromatic ring is 1. The maximum absolute atomic E-state index is 13.0. The van der Waals surface area contributed by atoms with Crippen LogP contribution in [0.15, 0.2) is 35.0 Å². The number of benzene rings is 1. The third kappa shape index (κ3) is 6.04. The molecule has 5 N–H and O–H groups in total. The number of rotatable bonds is 7. The van der Waals surface area contributed by atoms with Gasteiger partial charge in [-0.2, -0.15) is 13.2 Å². The van der Waals surface area contributed by atoms with Gasteiger partial charge in [-0.05, 0) is 55.1 Å². The van der Waals surface area contributed by atoms with E-state index < -0.39 is 23.4 Å². The van der Waals surface area contributed by atoms with Crippen LogP contribution < -0.4 is 16.2 Å². The van der Waals surface area contributed by atoms with E-state index in [1.165, 1.54) is 19.9 Å². The van der Waals surface area contributed by atoms with Crippen LogP contribution in [0.5, 0.6) is 5.88 Å². The predicted octanol–water partition coefficient (Wildman–Crippen LogP) is 3.17. The standard InChI is InChI=1S/C25H26F3N7O3/c1-4-35-18-12-19(37-13-16(29)11-14-6-5-7-15(10-14)25(26,27)28)31-17(8-9-24(2,3)36)20(18)32-23(35)21-22(30)34-38-33-21/h5-7,10,12,16,36H,4,11,13,29H2,1-3H3,(H2,30,34)/t16-/m1/s1. The number of aromatic nitrogens is 5. The van der Waals surface area contributed by atoms with Gasteiger partial charge in [0.1, 0.15) is 23.4 Å². The quantitative estimate of drug-likeness (QED) is 0.307. The average molecular weight is 530 g/mol. The largest absolute Gasteiger partial charge is 0.476 e. The molecule has 3 heterocycles. The van der Waals surface area contributed by atoms with Crippen molar-refractivity contribution in [2.75, 3.05) is 12.3 Å². The minimum Gasteiger partial charge on any atom is -0.476 e. The normalized spacial score (nSPS) is 12.8. The Morgan fingerprint density at radius 2 is 1.95 bits per heavy atom. The van der Waals surface area contributed by atoms with Gasteiger partial charge in [-0.3, -0.25) is 0 Å². The van der Waals surface area contributed by atoms with E-state index in [4.69, 9.17) is 20.8 Å². The molecule has 0 fully saturated rings. The Morgan fingerprint density at radius 1 is 1.18 bits per heavy atom. The highest BCUT2D eigenvalue weighted by Gasteiger charge is 2.30. The fourth-order valence-corrected chi connectivity index (χ4v) is 3.75. The van der Waals surface area contributed by atoms with Crippen LogP contribution in [0.1, 0.15) is 37.6 Å². The van der Waals surface area contributed by atoms with Gasteiger partial charge >= 0.3 is 6.18 Å². The second-order valence-corrected chi connectivity index (χ2v) is 9.14. The van der Waals surface area contributed by atoms with Gasteiger partial charge in [0.15, 0.2) is 17.3 Å². The molecule has 0 aliphatic rings. The number of hydrogen-bond donors (Lipinski definition) is 3. The first kappa shape index (κ1) is 26.9. The van der Waals surface area contributed by atoms with E-state index in [0.29, 0.717) is 29.0 Å². The van der Waals surface area contributed by atoms with Crippen LogP contribution in [0.25, 0.3) is 22.6 Å². The van der Waals surface area contributed by atoms with Crippen LogP contribution in [0.2, 0.25) is 0 Å². The number of aryl methyl sites for hydroxylation is 1. The molecule has 4 rings (SSSR count). The molecule has 1 aromatic carbocycles. The van der Waals surface area contributed by atoms with Gasteiger partial charge < -0.3 is 25.9 Å². The predicted molar refractivity (Wildman–Crippen MR) is 133 cm³/mol. The summed E-state index contributed by atoms with van der Waals surface area (Å²) < 4.78 is 51.5. The van der Waals surface area contributed by atoms with Gasteiger partial charge in [0.05, 0.1) is 11.1 Å². The molecule has 4 aromatic rings. The Morgan fingerprint density at radius 3 is 2.58 bits per heavy atom. The van der Waals surface area contributed by atoms with E-state index in [1.54, 1.807) is 16.7 Å². The van der Waals surface area contributed by atoms with Crippen molar-refractivity contribution in [2.24, 2.45) is 5.73 Å². The highest BCUT2D eigenvalue weighted by molar-refractivity contribution is 5.86. The maximum atomic E-state index is 13.0. The number of aliphatic hydroxyl groups is 1. The highest BCUT2D eigenvalue weighted by atomic mass is 19.4. The van der Waals surface area contributed by atoms with E-state index in [2.05, 4.69) is 32.1 Å². The summed E-state index contributed by atoms with van der Waals surface area (Å²) in [4.78, 5) is 9.05. The Kier molecular flexibility index (Phi) is 7.30. The SMILES string of the molecule is CCn1c(-c2nonc2N)nc2c(C#CC(C)(C)O)nc(OC[C@H](N)Cc3cccc(C(F)(F)F)c3)cc21. The average Bonchev–Trinajstić information content (AvgIpc) is 3.43. The first-order valence-corrected chi connectivity index (χ1v) is 11.7. The Hall–Kier alpha value is -4.15. The van der Waals surface area contributed by atoms with Crippen molar-refractivity contribution < 1.29 is 27.6 Å². The number of anilines is 1. The first-order chi connectivity index (χ1) is 17.9. The zero-order valence-electron chi connectivity index (χ0n) is 20.9. The van der Waals surface area contributed by atoms with Crippen LogP contribution in [0.3, 0.4) is 0 Å². The summed E-state index contributed by atoms with van der Waals surface area (Å²) in [5.74, 6) is 6.17. The second kappa shape index (κ2) is 10.3. The van der Waals surface area contributed by atoms with Crippen molar-refractivity contribution in [1.82, 2.24) is 24.8 Å². The van der Waals surface area contributed by atoms with Gasteiger partial charge in [0.25, 0.3) is 0 Å². The van der Waals surface area contributed by atoms with Crippen LogP contribution in [0, 0.1) is 11.8 Å². The van der Waals surface area contributed by atoms with Crippen LogP contribution in [-0.2, 0) is 19.1 Å². The fraction of sp³-hybridized carbons (Fsp3) is 0.360. The number of alkyl halides is 3. The van der Waals surface area contributed by atoms with Gasteiger partial charge in [0.2, 0.25) is 5.88 Å². The van der Waals surface area contributed by atoms with Crippen molar-refractivity contribution in [3.8, 4) is 29.2 Å². The molecule has 0 aliphatic heterocycles. The molecule has 0 unspecified atom stereocenters. The molecule has 0 aliphatic carbocycles. The molecule has 0 radical (unpaired) electrons. The lowest BCUT2D eigenvalue weighted by atomic mass is 10.0. The summed E-state index contributed by atoms with van der Waals surface area (Å²) >= 11 is 0. The lowest BCUT2D eigenvalue weighted by molar-refractivity contribution is -0.137. The number of nitrogens with two attached hydrogens (primary N) is 2. The van der Waals surface area contributed by atoms with Crippen LogP contribution in [-0.4, -0.2) is 48.2 Å². The number of halogens is 3. The van der Waals surface area contributed by atoms with E-state index in [-0.39, 0.29) is 36.1 Å². The molecule has 200 valence electrons. The summed E-state index contributed by atoms with van der Waals surface area (Å²) in [6, 6.07) is 6.03. The van der Waals surface area contributed by atoms with Crippen molar-refractivity contribution >= 4 is 16.9 Å². The van der Waals surface area contributed by atoms with Crippen molar-refractivity contribution in [3.05, 3.63) is 47.2 Å². The smallest absolute Gasteiger partial charge is 0.416 e. The van der Waals surface area contributed by atoms with Crippen molar-refractivity contribution in [2.45, 2.75) is 51.6 Å². The Labute approximate surface area is 215 Å². The Bertz CT molecular complexity index is 1510. The summed E-state index contributed by atoms with van der Waals surface area (Å²) in [7, 11) is 0. The molecule has 3 aromatic heterocycles. The van der Waals surface area contributed by atoms with Gasteiger partial charge in [0, 0.05) is 18.7 Å². The molecule has 0 saturated carbocycles. The number of ether oxygens (including phenoxy) is 1. The Balaban J connectivity index is 1.66. The first-order valence-electron chi connectivity index (χ1n) is 11.7. The molecule has 10 nitrogen and oxygen atoms in total. The highest BCUT2D eigenvalue weighted by Crippen LogP contribution is 2.31. The minimum atomic E-state index is -4.44. The number of fused-ring (bicyclic) bond motifs is 1. The summed E-state index contributed by atoms with van der Waals surface area (Å²) in [5.41, 5.74) is 11.9. The molecular weight excluding hydrogens is 503 g/mol. The zero-order valence-corrected chi connectivity index (χ0v) is 20.9. The van der Waals surface area contributed by atoms with Gasteiger partial charge in [-0.1, -0.05) is 24.1 Å². The fourth-order valence-electron chi connectivity index (χ4n) is 3.75.